The van der Waals surface area contributed by atoms with Crippen LogP contribution in [0.15, 0.2) is 24.3 Å². The summed E-state index contributed by atoms with van der Waals surface area (Å²) >= 11 is 2.05. The van der Waals surface area contributed by atoms with E-state index in [1.165, 1.54) is 23.6 Å². The first kappa shape index (κ1) is 13.6. The highest BCUT2D eigenvalue weighted by molar-refractivity contribution is 7.99. The molecule has 3 nitrogen and oxygen atoms in total. The van der Waals surface area contributed by atoms with Crippen molar-refractivity contribution in [3.8, 4) is 5.75 Å². The van der Waals surface area contributed by atoms with Gasteiger partial charge in [0.25, 0.3) is 0 Å². The largest absolute Gasteiger partial charge is 0.495 e. The zero-order valence-corrected chi connectivity index (χ0v) is 12.0. The third-order valence-electron chi connectivity index (χ3n) is 3.31. The molecule has 1 saturated heterocycles. The Kier molecular flexibility index (Phi) is 5.20. The molecule has 0 bridgehead atoms. The lowest BCUT2D eigenvalue weighted by Crippen LogP contribution is -2.39. The lowest BCUT2D eigenvalue weighted by atomic mass is 10.2. The average molecular weight is 266 g/mol. The van der Waals surface area contributed by atoms with Gasteiger partial charge >= 0.3 is 0 Å². The van der Waals surface area contributed by atoms with Crippen LogP contribution in [-0.4, -0.2) is 44.8 Å². The number of nitrogens with one attached hydrogen (secondary N) is 1. The molecule has 0 spiro atoms. The maximum absolute atomic E-state index is 5.40. The highest BCUT2D eigenvalue weighted by Gasteiger charge is 2.14. The molecule has 1 fully saturated rings. The molecule has 1 aromatic rings. The van der Waals surface area contributed by atoms with Crippen molar-refractivity contribution in [2.75, 3.05) is 43.7 Å². The van der Waals surface area contributed by atoms with Crippen molar-refractivity contribution < 1.29 is 4.74 Å². The summed E-state index contributed by atoms with van der Waals surface area (Å²) in [5.74, 6) is 3.43. The predicted octanol–water partition coefficient (Wildman–Crippen LogP) is 2.23. The van der Waals surface area contributed by atoms with E-state index in [0.29, 0.717) is 6.04 Å². The van der Waals surface area contributed by atoms with Crippen LogP contribution in [0.1, 0.15) is 6.42 Å². The van der Waals surface area contributed by atoms with E-state index in [1.807, 2.05) is 12.1 Å². The highest BCUT2D eigenvalue weighted by Crippen LogP contribution is 2.26. The summed E-state index contributed by atoms with van der Waals surface area (Å²) in [6.45, 7) is 2.20. The molecule has 1 N–H and O–H groups in total. The molecule has 100 valence electrons. The Bertz CT molecular complexity index is 367. The fourth-order valence-corrected chi connectivity index (χ4v) is 3.22. The lowest BCUT2D eigenvalue weighted by Gasteiger charge is -2.27. The second kappa shape index (κ2) is 6.90. The summed E-state index contributed by atoms with van der Waals surface area (Å²) < 4.78 is 5.40. The predicted molar refractivity (Wildman–Crippen MR) is 80.0 cm³/mol. The van der Waals surface area contributed by atoms with Gasteiger partial charge in [-0.05, 0) is 18.6 Å². The smallest absolute Gasteiger partial charge is 0.142 e. The van der Waals surface area contributed by atoms with Gasteiger partial charge in [0.15, 0.2) is 0 Å². The maximum Gasteiger partial charge on any atom is 0.142 e. The molecule has 1 aliphatic heterocycles. The molecule has 4 heteroatoms. The molecular formula is C14H22N2OS. The minimum Gasteiger partial charge on any atom is -0.495 e. The van der Waals surface area contributed by atoms with Gasteiger partial charge in [0, 0.05) is 37.7 Å². The van der Waals surface area contributed by atoms with Crippen molar-refractivity contribution in [3.05, 3.63) is 24.3 Å². The van der Waals surface area contributed by atoms with Gasteiger partial charge in [-0.15, -0.1) is 0 Å². The Morgan fingerprint density at radius 1 is 1.44 bits per heavy atom. The number of rotatable bonds is 5. The highest BCUT2D eigenvalue weighted by atomic mass is 32.2. The summed E-state index contributed by atoms with van der Waals surface area (Å²) in [4.78, 5) is 2.28. The molecular weight excluding hydrogens is 244 g/mol. The number of anilines is 1. The minimum absolute atomic E-state index is 0.654. The fourth-order valence-electron chi connectivity index (χ4n) is 2.22. The number of para-hydroxylation sites is 2. The molecule has 0 saturated carbocycles. The molecule has 0 radical (unpaired) electrons. The van der Waals surface area contributed by atoms with Crippen LogP contribution in [0.2, 0.25) is 0 Å². The van der Waals surface area contributed by atoms with Crippen molar-refractivity contribution in [2.45, 2.75) is 12.5 Å². The van der Waals surface area contributed by atoms with E-state index < -0.39 is 0 Å². The molecule has 0 aromatic heterocycles. The van der Waals surface area contributed by atoms with Crippen molar-refractivity contribution >= 4 is 17.4 Å². The number of hydrogen-bond acceptors (Lipinski definition) is 4. The zero-order valence-electron chi connectivity index (χ0n) is 11.2. The van der Waals surface area contributed by atoms with Gasteiger partial charge in [-0.25, -0.2) is 0 Å². The number of thioether (sulfide) groups is 1. The number of nitrogens with zero attached hydrogens (tertiary/aromatic N) is 1. The monoisotopic (exact) mass is 266 g/mol. The van der Waals surface area contributed by atoms with Gasteiger partial charge in [0.1, 0.15) is 5.75 Å². The first-order chi connectivity index (χ1) is 8.81. The fraction of sp³-hybridized carbons (Fsp3) is 0.571. The molecule has 2 rings (SSSR count). The first-order valence-corrected chi connectivity index (χ1v) is 7.62. The van der Waals surface area contributed by atoms with Gasteiger partial charge in [0.2, 0.25) is 0 Å². The Labute approximate surface area is 114 Å². The van der Waals surface area contributed by atoms with Crippen LogP contribution in [0.5, 0.6) is 5.75 Å². The van der Waals surface area contributed by atoms with Crippen LogP contribution in [0, 0.1) is 0 Å². The molecule has 0 amide bonds. The number of methoxy groups -OCH3 is 1. The van der Waals surface area contributed by atoms with Crippen LogP contribution in [0.4, 0.5) is 5.69 Å². The van der Waals surface area contributed by atoms with E-state index in [2.05, 4.69) is 41.2 Å². The Morgan fingerprint density at radius 3 is 3.00 bits per heavy atom. The van der Waals surface area contributed by atoms with Crippen LogP contribution in [0.3, 0.4) is 0 Å². The number of ether oxygens (including phenoxy) is 1. The SMILES string of the molecule is COc1ccccc1N(C)CCC1CSCCN1. The van der Waals surface area contributed by atoms with E-state index in [9.17, 15) is 0 Å². The van der Waals surface area contributed by atoms with E-state index in [0.717, 1.165) is 18.8 Å². The Hall–Kier alpha value is -0.870. The van der Waals surface area contributed by atoms with Gasteiger partial charge in [-0.2, -0.15) is 11.8 Å². The summed E-state index contributed by atoms with van der Waals surface area (Å²) in [6, 6.07) is 8.85. The normalized spacial score (nSPS) is 19.6. The van der Waals surface area contributed by atoms with Gasteiger partial charge < -0.3 is 15.0 Å². The van der Waals surface area contributed by atoms with E-state index in [1.54, 1.807) is 7.11 Å². The van der Waals surface area contributed by atoms with E-state index in [4.69, 9.17) is 4.74 Å². The third kappa shape index (κ3) is 3.56. The third-order valence-corrected chi connectivity index (χ3v) is 4.44. The molecule has 1 atom stereocenters. The summed E-state index contributed by atoms with van der Waals surface area (Å²) in [5.41, 5.74) is 1.17. The first-order valence-electron chi connectivity index (χ1n) is 6.46. The molecule has 0 aliphatic carbocycles. The van der Waals surface area contributed by atoms with E-state index in [-0.39, 0.29) is 0 Å². The standard InChI is InChI=1S/C14H22N2OS/c1-16(9-7-12-11-18-10-8-15-12)13-5-3-4-6-14(13)17-2/h3-6,12,15H,7-11H2,1-2H3. The summed E-state index contributed by atoms with van der Waals surface area (Å²) in [5, 5.41) is 3.58. The van der Waals surface area contributed by atoms with Crippen LogP contribution in [0.25, 0.3) is 0 Å². The van der Waals surface area contributed by atoms with Crippen molar-refractivity contribution in [3.63, 3.8) is 0 Å². The Morgan fingerprint density at radius 2 is 2.28 bits per heavy atom. The van der Waals surface area contributed by atoms with Crippen molar-refractivity contribution in [1.29, 1.82) is 0 Å². The van der Waals surface area contributed by atoms with Crippen LogP contribution >= 0.6 is 11.8 Å². The summed E-state index contributed by atoms with van der Waals surface area (Å²) in [6.07, 6.45) is 1.18. The quantitative estimate of drug-likeness (QED) is 0.883. The molecule has 1 aromatic carbocycles. The van der Waals surface area contributed by atoms with Gasteiger partial charge in [-0.1, -0.05) is 12.1 Å². The second-order valence-electron chi connectivity index (χ2n) is 4.61. The van der Waals surface area contributed by atoms with E-state index >= 15 is 0 Å². The Balaban J connectivity index is 1.88. The van der Waals surface area contributed by atoms with Crippen molar-refractivity contribution in [1.82, 2.24) is 5.32 Å². The number of benzene rings is 1. The minimum atomic E-state index is 0.654. The zero-order chi connectivity index (χ0) is 12.8. The van der Waals surface area contributed by atoms with Gasteiger partial charge in [0.05, 0.1) is 12.8 Å². The number of hydrogen-bond donors (Lipinski definition) is 1. The molecule has 1 aliphatic rings. The lowest BCUT2D eigenvalue weighted by molar-refractivity contribution is 0.414. The molecule has 1 unspecified atom stereocenters. The average Bonchev–Trinajstić information content (AvgIpc) is 2.45. The second-order valence-corrected chi connectivity index (χ2v) is 5.76. The van der Waals surface area contributed by atoms with Crippen LogP contribution in [-0.2, 0) is 0 Å². The van der Waals surface area contributed by atoms with Crippen molar-refractivity contribution in [2.24, 2.45) is 0 Å². The molecule has 18 heavy (non-hydrogen) atoms. The summed E-state index contributed by atoms with van der Waals surface area (Å²) in [7, 11) is 3.86. The maximum atomic E-state index is 5.40. The van der Waals surface area contributed by atoms with Crippen LogP contribution < -0.4 is 15.0 Å². The topological polar surface area (TPSA) is 24.5 Å². The van der Waals surface area contributed by atoms with Gasteiger partial charge in [-0.3, -0.25) is 0 Å². The molecule has 1 heterocycles.